The van der Waals surface area contributed by atoms with E-state index in [0.29, 0.717) is 5.75 Å². The van der Waals surface area contributed by atoms with Crippen molar-refractivity contribution < 1.29 is 9.84 Å². The average molecular weight is 271 g/mol. The molecule has 0 aliphatic rings. The molecule has 0 radical (unpaired) electrons. The quantitative estimate of drug-likeness (QED) is 0.876. The predicted octanol–water partition coefficient (Wildman–Crippen LogP) is 4.19. The maximum Gasteiger partial charge on any atom is 0.142 e. The van der Waals surface area contributed by atoms with E-state index in [2.05, 4.69) is 5.32 Å². The molecule has 3 nitrogen and oxygen atoms in total. The number of phenols is 1. The Kier molecular flexibility index (Phi) is 4.18. The van der Waals surface area contributed by atoms with Crippen LogP contribution in [0.15, 0.2) is 36.4 Å². The van der Waals surface area contributed by atoms with Crippen molar-refractivity contribution in [1.29, 1.82) is 0 Å². The molecule has 106 valence electrons. The third-order valence-corrected chi connectivity index (χ3v) is 3.38. The number of hydrogen-bond donors (Lipinski definition) is 2. The number of benzene rings is 2. The van der Waals surface area contributed by atoms with E-state index in [-0.39, 0.29) is 6.04 Å². The second-order valence-electron chi connectivity index (χ2n) is 5.13. The second-order valence-corrected chi connectivity index (χ2v) is 5.13. The molecule has 0 saturated carbocycles. The van der Waals surface area contributed by atoms with E-state index in [1.807, 2.05) is 51.1 Å². The van der Waals surface area contributed by atoms with Crippen LogP contribution in [0.4, 0.5) is 5.69 Å². The Morgan fingerprint density at radius 2 is 1.70 bits per heavy atom. The molecule has 2 aromatic rings. The maximum absolute atomic E-state index is 10.0. The molecular weight excluding hydrogens is 250 g/mol. The van der Waals surface area contributed by atoms with Gasteiger partial charge >= 0.3 is 0 Å². The molecule has 3 heteroatoms. The van der Waals surface area contributed by atoms with Crippen LogP contribution in [-0.4, -0.2) is 12.2 Å². The first-order valence-electron chi connectivity index (χ1n) is 6.72. The molecule has 0 bridgehead atoms. The van der Waals surface area contributed by atoms with Crippen molar-refractivity contribution in [2.75, 3.05) is 12.4 Å². The summed E-state index contributed by atoms with van der Waals surface area (Å²) in [6.07, 6.45) is 0. The number of aromatic hydroxyl groups is 1. The highest BCUT2D eigenvalue weighted by molar-refractivity contribution is 5.59. The summed E-state index contributed by atoms with van der Waals surface area (Å²) in [6, 6.07) is 11.7. The molecular formula is C17H21NO2. The Morgan fingerprint density at radius 3 is 2.35 bits per heavy atom. The Bertz CT molecular complexity index is 608. The molecule has 2 aromatic carbocycles. The summed E-state index contributed by atoms with van der Waals surface area (Å²) < 4.78 is 5.39. The normalized spacial score (nSPS) is 12.0. The lowest BCUT2D eigenvalue weighted by Crippen LogP contribution is -2.08. The highest BCUT2D eigenvalue weighted by Crippen LogP contribution is 2.32. The number of aryl methyl sites for hydroxylation is 2. The fraction of sp³-hybridized carbons (Fsp3) is 0.294. The summed E-state index contributed by atoms with van der Waals surface area (Å²) in [6.45, 7) is 6.01. The number of nitrogens with one attached hydrogen (secondary N) is 1. The Balaban J connectivity index is 2.25. The Hall–Kier alpha value is -2.16. The molecule has 1 atom stereocenters. The van der Waals surface area contributed by atoms with Gasteiger partial charge in [0.05, 0.1) is 18.8 Å². The van der Waals surface area contributed by atoms with Gasteiger partial charge in [0.15, 0.2) is 0 Å². The molecule has 0 spiro atoms. The van der Waals surface area contributed by atoms with Crippen molar-refractivity contribution in [3.05, 3.63) is 53.1 Å². The van der Waals surface area contributed by atoms with Crippen LogP contribution in [-0.2, 0) is 0 Å². The maximum atomic E-state index is 10.0. The first kappa shape index (κ1) is 14.3. The van der Waals surface area contributed by atoms with Crippen LogP contribution in [0.3, 0.4) is 0 Å². The van der Waals surface area contributed by atoms with Gasteiger partial charge in [0.25, 0.3) is 0 Å². The molecule has 0 amide bonds. The van der Waals surface area contributed by atoms with E-state index in [9.17, 15) is 5.11 Å². The highest BCUT2D eigenvalue weighted by Gasteiger charge is 2.12. The summed E-state index contributed by atoms with van der Waals surface area (Å²) in [4.78, 5) is 0. The highest BCUT2D eigenvalue weighted by atomic mass is 16.5. The summed E-state index contributed by atoms with van der Waals surface area (Å²) in [7, 11) is 1.66. The van der Waals surface area contributed by atoms with E-state index in [1.54, 1.807) is 13.2 Å². The molecule has 0 heterocycles. The van der Waals surface area contributed by atoms with Crippen LogP contribution in [0, 0.1) is 13.8 Å². The Morgan fingerprint density at radius 1 is 1.05 bits per heavy atom. The van der Waals surface area contributed by atoms with Gasteiger partial charge in [-0.25, -0.2) is 0 Å². The number of anilines is 1. The summed E-state index contributed by atoms with van der Waals surface area (Å²) in [5.74, 6) is 1.12. The third-order valence-electron chi connectivity index (χ3n) is 3.38. The van der Waals surface area contributed by atoms with Gasteiger partial charge < -0.3 is 15.2 Å². The molecule has 0 aromatic heterocycles. The number of ether oxygens (including phenoxy) is 1. The minimum absolute atomic E-state index is 0.00722. The van der Waals surface area contributed by atoms with Crippen LogP contribution in [0.5, 0.6) is 11.5 Å². The fourth-order valence-corrected chi connectivity index (χ4v) is 2.25. The second kappa shape index (κ2) is 5.87. The van der Waals surface area contributed by atoms with Crippen LogP contribution >= 0.6 is 0 Å². The zero-order valence-corrected chi connectivity index (χ0v) is 12.4. The molecule has 2 rings (SSSR count). The predicted molar refractivity (Wildman–Crippen MR) is 82.6 cm³/mol. The summed E-state index contributed by atoms with van der Waals surface area (Å²) in [5, 5.41) is 13.4. The molecule has 0 saturated heterocycles. The number of methoxy groups -OCH3 is 1. The van der Waals surface area contributed by atoms with Gasteiger partial charge in [-0.1, -0.05) is 18.2 Å². The van der Waals surface area contributed by atoms with Crippen molar-refractivity contribution in [3.63, 3.8) is 0 Å². The van der Waals surface area contributed by atoms with E-state index < -0.39 is 0 Å². The molecule has 20 heavy (non-hydrogen) atoms. The van der Waals surface area contributed by atoms with Crippen molar-refractivity contribution in [3.8, 4) is 11.5 Å². The lowest BCUT2D eigenvalue weighted by molar-refractivity contribution is 0.415. The minimum atomic E-state index is -0.00722. The van der Waals surface area contributed by atoms with Gasteiger partial charge in [0.1, 0.15) is 11.5 Å². The lowest BCUT2D eigenvalue weighted by Gasteiger charge is -2.19. The van der Waals surface area contributed by atoms with E-state index in [1.165, 1.54) is 0 Å². The SMILES string of the molecule is COc1cc(C)ccc1NC(C)c1ccc(C)cc1O. The topological polar surface area (TPSA) is 41.5 Å². The van der Waals surface area contributed by atoms with E-state index in [0.717, 1.165) is 28.1 Å². The molecule has 1 unspecified atom stereocenters. The first-order valence-corrected chi connectivity index (χ1v) is 6.72. The molecule has 2 N–H and O–H groups in total. The van der Waals surface area contributed by atoms with E-state index in [4.69, 9.17) is 4.74 Å². The fourth-order valence-electron chi connectivity index (χ4n) is 2.25. The standard InChI is InChI=1S/C17H21NO2/c1-11-5-7-14(16(19)9-11)13(3)18-15-8-6-12(2)10-17(15)20-4/h5-10,13,18-19H,1-4H3. The Labute approximate surface area is 120 Å². The summed E-state index contributed by atoms with van der Waals surface area (Å²) >= 11 is 0. The van der Waals surface area contributed by atoms with Crippen LogP contribution in [0.1, 0.15) is 29.7 Å². The van der Waals surface area contributed by atoms with Gasteiger partial charge in [0, 0.05) is 5.56 Å². The summed E-state index contributed by atoms with van der Waals surface area (Å²) in [5.41, 5.74) is 3.99. The number of rotatable bonds is 4. The zero-order valence-electron chi connectivity index (χ0n) is 12.4. The van der Waals surface area contributed by atoms with Gasteiger partial charge in [-0.05, 0) is 50.1 Å². The van der Waals surface area contributed by atoms with Gasteiger partial charge in [-0.2, -0.15) is 0 Å². The zero-order chi connectivity index (χ0) is 14.7. The largest absolute Gasteiger partial charge is 0.508 e. The molecule has 0 aliphatic carbocycles. The number of hydrogen-bond acceptors (Lipinski definition) is 3. The van der Waals surface area contributed by atoms with Gasteiger partial charge in [-0.15, -0.1) is 0 Å². The monoisotopic (exact) mass is 271 g/mol. The van der Waals surface area contributed by atoms with E-state index >= 15 is 0 Å². The average Bonchev–Trinajstić information content (AvgIpc) is 2.40. The van der Waals surface area contributed by atoms with Gasteiger partial charge in [0.2, 0.25) is 0 Å². The third kappa shape index (κ3) is 3.05. The van der Waals surface area contributed by atoms with Crippen molar-refractivity contribution >= 4 is 5.69 Å². The first-order chi connectivity index (χ1) is 9.51. The van der Waals surface area contributed by atoms with Gasteiger partial charge in [-0.3, -0.25) is 0 Å². The van der Waals surface area contributed by atoms with Crippen LogP contribution in [0.2, 0.25) is 0 Å². The van der Waals surface area contributed by atoms with Crippen molar-refractivity contribution in [2.45, 2.75) is 26.8 Å². The number of phenolic OH excluding ortho intramolecular Hbond substituents is 1. The van der Waals surface area contributed by atoms with Crippen LogP contribution < -0.4 is 10.1 Å². The minimum Gasteiger partial charge on any atom is -0.508 e. The lowest BCUT2D eigenvalue weighted by atomic mass is 10.0. The van der Waals surface area contributed by atoms with Crippen molar-refractivity contribution in [2.24, 2.45) is 0 Å². The molecule has 0 fully saturated rings. The smallest absolute Gasteiger partial charge is 0.142 e. The molecule has 0 aliphatic heterocycles. The van der Waals surface area contributed by atoms with Crippen molar-refractivity contribution in [1.82, 2.24) is 0 Å². The van der Waals surface area contributed by atoms with Crippen LogP contribution in [0.25, 0.3) is 0 Å².